The maximum Gasteiger partial charge on any atom is 0.312 e. The van der Waals surface area contributed by atoms with Crippen LogP contribution >= 0.6 is 0 Å². The molecular weight excluding hydrogens is 773 g/mol. The summed E-state index contributed by atoms with van der Waals surface area (Å²) >= 11 is 0. The minimum absolute atomic E-state index is 0.0742. The highest BCUT2D eigenvalue weighted by Crippen LogP contribution is 2.55. The van der Waals surface area contributed by atoms with Crippen molar-refractivity contribution in [2.75, 3.05) is 38.6 Å². The normalized spacial score (nSPS) is 33.5. The number of carbonyl (C=O) groups excluding carboxylic acids is 2. The number of nitrogens with one attached hydrogen (secondary N) is 1. The molecule has 4 heterocycles. The quantitative estimate of drug-likeness (QED) is 0.122. The van der Waals surface area contributed by atoms with Crippen molar-refractivity contribution in [1.82, 2.24) is 9.91 Å². The van der Waals surface area contributed by atoms with Gasteiger partial charge in [-0.2, -0.15) is 5.10 Å². The topological polar surface area (TPSA) is 214 Å². The monoisotopic (exact) mass is 834 g/mol. The van der Waals surface area contributed by atoms with Gasteiger partial charge in [0.05, 0.1) is 59.1 Å². The zero-order valence-corrected chi connectivity index (χ0v) is 35.9. The van der Waals surface area contributed by atoms with Gasteiger partial charge in [-0.3, -0.25) is 19.5 Å². The first-order valence-electron chi connectivity index (χ1n) is 21.0. The molecule has 60 heavy (non-hydrogen) atoms. The lowest BCUT2D eigenvalue weighted by Crippen LogP contribution is -2.47. The van der Waals surface area contributed by atoms with Gasteiger partial charge in [-0.15, -0.1) is 0 Å². The van der Waals surface area contributed by atoms with Crippen LogP contribution < -0.4 is 10.1 Å². The minimum atomic E-state index is -2.01. The third-order valence-corrected chi connectivity index (χ3v) is 13.3. The van der Waals surface area contributed by atoms with E-state index in [2.05, 4.69) is 15.3 Å². The Balaban J connectivity index is 1.46. The molecule has 5 aliphatic rings. The molecule has 7 rings (SSSR count). The largest absolute Gasteiger partial charge is 0.507 e. The molecule has 1 saturated carbocycles. The summed E-state index contributed by atoms with van der Waals surface area (Å²) < 4.78 is 17.8. The number of hydrogen-bond acceptors (Lipinski definition) is 14. The average molecular weight is 835 g/mol. The van der Waals surface area contributed by atoms with E-state index < -0.39 is 82.8 Å². The Bertz CT molecular complexity index is 2070. The highest BCUT2D eigenvalue weighted by atomic mass is 16.7. The second-order valence-electron chi connectivity index (χ2n) is 17.2. The molecule has 4 aliphatic heterocycles. The molecule has 1 saturated heterocycles. The number of aromatic hydroxyl groups is 3. The number of rotatable bonds is 4. The van der Waals surface area contributed by atoms with Gasteiger partial charge in [0.1, 0.15) is 17.2 Å². The Labute approximate surface area is 351 Å². The van der Waals surface area contributed by atoms with Gasteiger partial charge in [0.15, 0.2) is 5.75 Å². The van der Waals surface area contributed by atoms with E-state index in [9.17, 15) is 40.2 Å². The van der Waals surface area contributed by atoms with Gasteiger partial charge in [0, 0.05) is 86.4 Å². The first kappa shape index (κ1) is 44.9. The van der Waals surface area contributed by atoms with Crippen LogP contribution in [0.1, 0.15) is 88.7 Å². The number of aliphatic hydroxyl groups is 3. The lowest BCUT2D eigenvalue weighted by atomic mass is 9.78. The van der Waals surface area contributed by atoms with E-state index in [0.717, 1.165) is 13.1 Å². The molecule has 1 amide bonds. The van der Waals surface area contributed by atoms with Crippen molar-refractivity contribution in [3.05, 3.63) is 52.8 Å². The zero-order chi connectivity index (χ0) is 43.8. The predicted molar refractivity (Wildman–Crippen MR) is 227 cm³/mol. The molecule has 15 heteroatoms. The fourth-order valence-corrected chi connectivity index (χ4v) is 9.08. The lowest BCUT2D eigenvalue weighted by Gasteiger charge is -2.36. The Morgan fingerprint density at radius 3 is 2.15 bits per heavy atom. The number of methoxy groups -OCH3 is 1. The van der Waals surface area contributed by atoms with Crippen LogP contribution in [0.3, 0.4) is 0 Å². The minimum Gasteiger partial charge on any atom is -0.507 e. The van der Waals surface area contributed by atoms with Crippen molar-refractivity contribution in [2.45, 2.75) is 110 Å². The number of carbonyl (C=O) groups is 2. The van der Waals surface area contributed by atoms with E-state index >= 15 is 0 Å². The van der Waals surface area contributed by atoms with Crippen molar-refractivity contribution in [3.63, 3.8) is 0 Å². The Hall–Kier alpha value is -4.67. The number of anilines is 1. The number of ether oxygens (including phenoxy) is 3. The number of aliphatic hydroxyl groups excluding tert-OH is 3. The van der Waals surface area contributed by atoms with Gasteiger partial charge in [0.25, 0.3) is 11.7 Å². The van der Waals surface area contributed by atoms with Gasteiger partial charge in [-0.25, -0.2) is 0 Å². The van der Waals surface area contributed by atoms with Crippen LogP contribution in [0.4, 0.5) is 5.69 Å². The SMILES string of the molecule is CO[C@H]1/C=C/O[C@@]2(C)Oc3c(C)c(O)c4c(O)c(c(C=NN5CCN(C6CCCC6)CC5)c(O)c4c3C2=O)NC(=O)/C(C)=C\C=C\[C@H](C)[C@H](O)[C@@H](C)[C@@H](O)[C@@H](C)[C@H](O)[C@@H]1C. The molecule has 0 aromatic heterocycles. The number of amides is 1. The molecule has 2 aromatic carbocycles. The third kappa shape index (κ3) is 8.47. The van der Waals surface area contributed by atoms with Gasteiger partial charge >= 0.3 is 5.79 Å². The number of nitrogens with zero attached hydrogens (tertiary/aromatic N) is 3. The Morgan fingerprint density at radius 1 is 0.867 bits per heavy atom. The lowest BCUT2D eigenvalue weighted by molar-refractivity contribution is -0.112. The summed E-state index contributed by atoms with van der Waals surface area (Å²) in [5.74, 6) is -7.52. The van der Waals surface area contributed by atoms with Crippen LogP contribution in [0.25, 0.3) is 10.8 Å². The van der Waals surface area contributed by atoms with Gasteiger partial charge in [0.2, 0.25) is 0 Å². The molecule has 5 bridgehead atoms. The molecule has 2 aromatic rings. The number of allylic oxidation sites excluding steroid dienone is 2. The molecule has 0 radical (unpaired) electrons. The molecular formula is C45H62N4O11. The van der Waals surface area contributed by atoms with Crippen LogP contribution in [-0.2, 0) is 14.3 Å². The van der Waals surface area contributed by atoms with Crippen molar-refractivity contribution in [1.29, 1.82) is 0 Å². The Morgan fingerprint density at radius 2 is 1.50 bits per heavy atom. The van der Waals surface area contributed by atoms with Crippen LogP contribution in [0.5, 0.6) is 23.0 Å². The molecule has 1 aliphatic carbocycles. The van der Waals surface area contributed by atoms with Gasteiger partial charge in [-0.1, -0.05) is 58.8 Å². The summed E-state index contributed by atoms with van der Waals surface area (Å²) in [5.41, 5.74) is -0.233. The highest BCUT2D eigenvalue weighted by molar-refractivity contribution is 6.23. The average Bonchev–Trinajstić information content (AvgIpc) is 3.87. The number of hydrogen-bond donors (Lipinski definition) is 7. The number of phenols is 3. The van der Waals surface area contributed by atoms with Crippen LogP contribution in [0.15, 0.2) is 41.2 Å². The summed E-state index contributed by atoms with van der Waals surface area (Å²) in [7, 11) is 1.45. The van der Waals surface area contributed by atoms with E-state index in [4.69, 9.17) is 14.2 Å². The van der Waals surface area contributed by atoms with Crippen molar-refractivity contribution in [2.24, 2.45) is 28.8 Å². The van der Waals surface area contributed by atoms with Gasteiger partial charge < -0.3 is 50.2 Å². The third-order valence-electron chi connectivity index (χ3n) is 13.3. The molecule has 0 unspecified atom stereocenters. The van der Waals surface area contributed by atoms with E-state index in [-0.39, 0.29) is 44.5 Å². The number of Topliss-reactive ketones (excluding diaryl/α,β-unsaturated/α-hetero) is 1. The number of piperazine rings is 1. The van der Waals surface area contributed by atoms with Crippen molar-refractivity contribution >= 4 is 34.4 Å². The zero-order valence-electron chi connectivity index (χ0n) is 35.9. The van der Waals surface area contributed by atoms with E-state index in [1.807, 2.05) is 5.01 Å². The van der Waals surface area contributed by atoms with Gasteiger partial charge in [-0.05, 0) is 32.8 Å². The fraction of sp³-hybridized carbons (Fsp3) is 0.578. The van der Waals surface area contributed by atoms with Crippen molar-refractivity contribution in [3.8, 4) is 23.0 Å². The van der Waals surface area contributed by atoms with E-state index in [1.165, 1.54) is 71.3 Å². The number of ketones is 1. The van der Waals surface area contributed by atoms with E-state index in [1.54, 1.807) is 46.8 Å². The smallest absolute Gasteiger partial charge is 0.312 e. The number of hydrazone groups is 1. The molecule has 15 nitrogen and oxygen atoms in total. The van der Waals surface area contributed by atoms with E-state index in [0.29, 0.717) is 19.1 Å². The maximum absolute atomic E-state index is 14.4. The first-order valence-corrected chi connectivity index (χ1v) is 21.0. The number of benzene rings is 2. The number of phenolic OH excluding ortho intramolecular Hbond substituents is 3. The second-order valence-corrected chi connectivity index (χ2v) is 17.2. The van der Waals surface area contributed by atoms with Crippen molar-refractivity contribution < 1.29 is 54.4 Å². The summed E-state index contributed by atoms with van der Waals surface area (Å²) in [6.45, 7) is 14.1. The van der Waals surface area contributed by atoms with Crippen LogP contribution in [-0.4, -0.2) is 128 Å². The van der Waals surface area contributed by atoms with Crippen LogP contribution in [0.2, 0.25) is 0 Å². The summed E-state index contributed by atoms with van der Waals surface area (Å²) in [6, 6.07) is 0.561. The summed E-state index contributed by atoms with van der Waals surface area (Å²) in [6.07, 6.45) is 9.71. The second kappa shape index (κ2) is 18.1. The predicted octanol–water partition coefficient (Wildman–Crippen LogP) is 5.08. The summed E-state index contributed by atoms with van der Waals surface area (Å²) in [5, 5.41) is 78.4. The fourth-order valence-electron chi connectivity index (χ4n) is 9.08. The molecule has 328 valence electrons. The highest BCUT2D eigenvalue weighted by Gasteiger charge is 2.50. The molecule has 9 atom stereocenters. The summed E-state index contributed by atoms with van der Waals surface area (Å²) in [4.78, 5) is 30.7. The standard InChI is InChI=1S/C45H62N4O11/c1-23-12-11-13-24(2)44(57)47-35-30(22-46-49-19-17-48(18-20-49)29-14-9-10-15-29)40(54)32-33(41(35)55)39(53)28(6)42-34(32)43(56)45(7,60-42)59-21-16-31(58-8)25(3)37(51)27(5)38(52)26(4)36(23)50/h11-13,16,21-23,25-27,29,31,36-38,50-55H,9-10,14-15,17-20H2,1-8H3,(H,47,57)/b12-11+,21-16+,24-13-,46-22?/t23-,25+,26+,27-,31-,36-,37+,38+,45-/m0/s1. The molecule has 2 fully saturated rings. The number of fused-ring (bicyclic) bond motifs is 14. The first-order chi connectivity index (χ1) is 28.4. The van der Waals surface area contributed by atoms with Crippen LogP contribution in [0, 0.1) is 30.6 Å². The maximum atomic E-state index is 14.4. The Kier molecular flexibility index (Phi) is 13.6. The molecule has 7 N–H and O–H groups in total. The molecule has 0 spiro atoms.